The van der Waals surface area contributed by atoms with Crippen molar-refractivity contribution in [2.75, 3.05) is 32.8 Å². The van der Waals surface area contributed by atoms with E-state index in [0.29, 0.717) is 11.1 Å². The van der Waals surface area contributed by atoms with Gasteiger partial charge in [0.25, 0.3) is 0 Å². The highest BCUT2D eigenvalue weighted by molar-refractivity contribution is 5.08. The van der Waals surface area contributed by atoms with Gasteiger partial charge in [-0.3, -0.25) is 4.90 Å². The fraction of sp³-hybridized carbons (Fsp3) is 1.00. The van der Waals surface area contributed by atoms with Gasteiger partial charge in [-0.05, 0) is 44.9 Å². The molecule has 118 valence electrons. The predicted octanol–water partition coefficient (Wildman–Crippen LogP) is 3.05. The summed E-state index contributed by atoms with van der Waals surface area (Å²) in [6.07, 6.45) is 6.38. The molecule has 2 rings (SSSR count). The minimum absolute atomic E-state index is 0.319. The minimum Gasteiger partial charge on any atom is -0.380 e. The zero-order valence-electron chi connectivity index (χ0n) is 14.0. The van der Waals surface area contributed by atoms with E-state index in [0.717, 1.165) is 38.6 Å². The van der Waals surface area contributed by atoms with E-state index < -0.39 is 0 Å². The maximum absolute atomic E-state index is 5.75. The third-order valence-electron chi connectivity index (χ3n) is 5.70. The molecule has 1 aliphatic heterocycles. The first kappa shape index (κ1) is 16.3. The van der Waals surface area contributed by atoms with Crippen LogP contribution in [0.2, 0.25) is 0 Å². The van der Waals surface area contributed by atoms with Crippen LogP contribution in [0, 0.1) is 5.92 Å². The third kappa shape index (κ3) is 3.37. The zero-order chi connectivity index (χ0) is 14.6. The maximum Gasteiger partial charge on any atom is 0.0593 e. The Kier molecular flexibility index (Phi) is 5.49. The van der Waals surface area contributed by atoms with Crippen molar-refractivity contribution in [2.24, 2.45) is 5.92 Å². The summed E-state index contributed by atoms with van der Waals surface area (Å²) in [6.45, 7) is 14.5. The largest absolute Gasteiger partial charge is 0.380 e. The lowest BCUT2D eigenvalue weighted by molar-refractivity contribution is -0.0209. The second-order valence-corrected chi connectivity index (χ2v) is 7.01. The molecule has 1 saturated carbocycles. The summed E-state index contributed by atoms with van der Waals surface area (Å²) >= 11 is 0. The fourth-order valence-electron chi connectivity index (χ4n) is 3.67. The first-order valence-corrected chi connectivity index (χ1v) is 8.68. The van der Waals surface area contributed by atoms with Crippen LogP contribution in [0.5, 0.6) is 0 Å². The number of nitrogens with zero attached hydrogens (tertiary/aromatic N) is 1. The van der Waals surface area contributed by atoms with Crippen LogP contribution in [-0.4, -0.2) is 48.8 Å². The number of piperazine rings is 1. The van der Waals surface area contributed by atoms with E-state index in [9.17, 15) is 0 Å². The van der Waals surface area contributed by atoms with Crippen LogP contribution >= 0.6 is 0 Å². The lowest BCUT2D eigenvalue weighted by Gasteiger charge is -2.53. The molecule has 1 unspecified atom stereocenters. The van der Waals surface area contributed by atoms with Gasteiger partial charge >= 0.3 is 0 Å². The molecule has 0 aromatic heterocycles. The van der Waals surface area contributed by atoms with Gasteiger partial charge in [0.05, 0.1) is 6.61 Å². The molecule has 0 aromatic rings. The summed E-state index contributed by atoms with van der Waals surface area (Å²) in [5, 5.41) is 3.89. The van der Waals surface area contributed by atoms with E-state index in [1.807, 2.05) is 0 Å². The van der Waals surface area contributed by atoms with Crippen LogP contribution < -0.4 is 5.32 Å². The van der Waals surface area contributed by atoms with Gasteiger partial charge < -0.3 is 10.1 Å². The second-order valence-electron chi connectivity index (χ2n) is 7.01. The topological polar surface area (TPSA) is 24.5 Å². The number of rotatable bonds is 8. The highest BCUT2D eigenvalue weighted by Gasteiger charge is 2.50. The van der Waals surface area contributed by atoms with Crippen LogP contribution in [0.1, 0.15) is 59.8 Å². The molecule has 2 fully saturated rings. The van der Waals surface area contributed by atoms with Gasteiger partial charge in [0.1, 0.15) is 0 Å². The fourth-order valence-corrected chi connectivity index (χ4v) is 3.67. The molecular formula is C17H34N2O. The first-order chi connectivity index (χ1) is 9.60. The monoisotopic (exact) mass is 282 g/mol. The van der Waals surface area contributed by atoms with Gasteiger partial charge in [-0.2, -0.15) is 0 Å². The summed E-state index contributed by atoms with van der Waals surface area (Å²) in [5.74, 6) is 0.896. The Morgan fingerprint density at radius 2 is 1.85 bits per heavy atom. The van der Waals surface area contributed by atoms with Crippen LogP contribution in [0.15, 0.2) is 0 Å². The van der Waals surface area contributed by atoms with Crippen molar-refractivity contribution in [3.8, 4) is 0 Å². The molecular weight excluding hydrogens is 248 g/mol. The number of ether oxygens (including phenoxy) is 1. The summed E-state index contributed by atoms with van der Waals surface area (Å²) in [6, 6.07) is 0. The van der Waals surface area contributed by atoms with E-state index >= 15 is 0 Å². The Balaban J connectivity index is 1.99. The van der Waals surface area contributed by atoms with Crippen molar-refractivity contribution in [1.82, 2.24) is 10.2 Å². The molecule has 3 heteroatoms. The minimum atomic E-state index is 0.319. The van der Waals surface area contributed by atoms with Crippen molar-refractivity contribution < 1.29 is 4.74 Å². The molecule has 1 N–H and O–H groups in total. The Labute approximate surface area is 125 Å². The van der Waals surface area contributed by atoms with Crippen molar-refractivity contribution in [3.05, 3.63) is 0 Å². The summed E-state index contributed by atoms with van der Waals surface area (Å²) in [5.41, 5.74) is 0.669. The molecule has 2 aliphatic rings. The molecule has 1 aliphatic carbocycles. The smallest absolute Gasteiger partial charge is 0.0593 e. The Hall–Kier alpha value is -0.120. The SMILES string of the molecule is CCCOCCN1CC(CC)(CC)NCC1(C)C1CC1. The molecule has 0 aromatic carbocycles. The van der Waals surface area contributed by atoms with Crippen molar-refractivity contribution in [2.45, 2.75) is 70.9 Å². The lowest BCUT2D eigenvalue weighted by Crippen LogP contribution is -2.70. The molecule has 20 heavy (non-hydrogen) atoms. The first-order valence-electron chi connectivity index (χ1n) is 8.68. The van der Waals surface area contributed by atoms with Gasteiger partial charge in [0.15, 0.2) is 0 Å². The number of hydrogen-bond acceptors (Lipinski definition) is 3. The van der Waals surface area contributed by atoms with Crippen molar-refractivity contribution in [1.29, 1.82) is 0 Å². The average molecular weight is 282 g/mol. The van der Waals surface area contributed by atoms with Crippen LogP contribution in [0.4, 0.5) is 0 Å². The van der Waals surface area contributed by atoms with Gasteiger partial charge in [-0.25, -0.2) is 0 Å². The van der Waals surface area contributed by atoms with Gasteiger partial charge in [0, 0.05) is 37.3 Å². The van der Waals surface area contributed by atoms with Crippen LogP contribution in [0.3, 0.4) is 0 Å². The normalized spacial score (nSPS) is 30.6. The molecule has 3 nitrogen and oxygen atoms in total. The molecule has 1 atom stereocenters. The molecule has 0 radical (unpaired) electrons. The highest BCUT2D eigenvalue weighted by Crippen LogP contribution is 2.45. The zero-order valence-corrected chi connectivity index (χ0v) is 14.0. The van der Waals surface area contributed by atoms with E-state index in [1.165, 1.54) is 32.2 Å². The molecule has 0 bridgehead atoms. The number of hydrogen-bond donors (Lipinski definition) is 1. The molecule has 0 spiro atoms. The van der Waals surface area contributed by atoms with Crippen molar-refractivity contribution in [3.63, 3.8) is 0 Å². The average Bonchev–Trinajstić information content (AvgIpc) is 3.31. The van der Waals surface area contributed by atoms with E-state index in [-0.39, 0.29) is 0 Å². The second kappa shape index (κ2) is 6.76. The van der Waals surface area contributed by atoms with E-state index in [4.69, 9.17) is 4.74 Å². The molecule has 0 amide bonds. The summed E-state index contributed by atoms with van der Waals surface area (Å²) in [4.78, 5) is 2.74. The van der Waals surface area contributed by atoms with Crippen molar-refractivity contribution >= 4 is 0 Å². The maximum atomic E-state index is 5.75. The predicted molar refractivity (Wildman–Crippen MR) is 85.1 cm³/mol. The quantitative estimate of drug-likeness (QED) is 0.693. The Morgan fingerprint density at radius 3 is 2.40 bits per heavy atom. The summed E-state index contributed by atoms with van der Waals surface area (Å²) < 4.78 is 5.75. The standard InChI is InChI=1S/C17H34N2O/c1-5-11-20-12-10-19-14-17(6-2,7-3)18-13-16(19,4)15-8-9-15/h15,18H,5-14H2,1-4H3. The third-order valence-corrected chi connectivity index (χ3v) is 5.70. The summed E-state index contributed by atoms with van der Waals surface area (Å²) in [7, 11) is 0. The van der Waals surface area contributed by atoms with E-state index in [1.54, 1.807) is 0 Å². The number of nitrogens with one attached hydrogen (secondary N) is 1. The van der Waals surface area contributed by atoms with Crippen LogP contribution in [-0.2, 0) is 4.74 Å². The van der Waals surface area contributed by atoms with Gasteiger partial charge in [0.2, 0.25) is 0 Å². The van der Waals surface area contributed by atoms with Gasteiger partial charge in [-0.1, -0.05) is 20.8 Å². The lowest BCUT2D eigenvalue weighted by atomic mass is 9.82. The molecule has 1 heterocycles. The Bertz CT molecular complexity index is 299. The Morgan fingerprint density at radius 1 is 1.15 bits per heavy atom. The van der Waals surface area contributed by atoms with Crippen LogP contribution in [0.25, 0.3) is 0 Å². The molecule has 1 saturated heterocycles. The van der Waals surface area contributed by atoms with E-state index in [2.05, 4.69) is 37.9 Å². The highest BCUT2D eigenvalue weighted by atomic mass is 16.5. The van der Waals surface area contributed by atoms with Gasteiger partial charge in [-0.15, -0.1) is 0 Å².